The van der Waals surface area contributed by atoms with Crippen LogP contribution in [0.15, 0.2) is 41.3 Å². The van der Waals surface area contributed by atoms with Crippen molar-refractivity contribution in [2.45, 2.75) is 31.0 Å². The zero-order valence-corrected chi connectivity index (χ0v) is 17.0. The molecule has 2 aliphatic rings. The Morgan fingerprint density at radius 3 is 2.72 bits per heavy atom. The number of ether oxygens (including phenoxy) is 2. The minimum Gasteiger partial charge on any atom is -0.492 e. The third-order valence-corrected chi connectivity index (χ3v) is 5.37. The van der Waals surface area contributed by atoms with Crippen molar-refractivity contribution in [3.63, 3.8) is 0 Å². The van der Waals surface area contributed by atoms with Gasteiger partial charge < -0.3 is 24.0 Å². The number of halogens is 3. The molecule has 12 heteroatoms. The van der Waals surface area contributed by atoms with Gasteiger partial charge in [-0.1, -0.05) is 5.16 Å². The van der Waals surface area contributed by atoms with Gasteiger partial charge in [0.1, 0.15) is 5.75 Å². The lowest BCUT2D eigenvalue weighted by atomic mass is 9.89. The topological polar surface area (TPSA) is 115 Å². The molecule has 0 unspecified atom stereocenters. The number of alkyl halides is 3. The molecule has 0 aromatic carbocycles. The quantitative estimate of drug-likeness (QED) is 0.746. The van der Waals surface area contributed by atoms with E-state index >= 15 is 0 Å². The average Bonchev–Trinajstić information content (AvgIpc) is 3.43. The fraction of sp³-hybridized carbons (Fsp3) is 0.500. The average molecular weight is 457 g/mol. The van der Waals surface area contributed by atoms with E-state index in [1.54, 1.807) is 18.5 Å². The molecule has 3 heterocycles. The van der Waals surface area contributed by atoms with Gasteiger partial charge in [0.15, 0.2) is 0 Å². The summed E-state index contributed by atoms with van der Waals surface area (Å²) >= 11 is 0. The molecule has 1 aliphatic heterocycles. The van der Waals surface area contributed by atoms with Crippen molar-refractivity contribution in [1.82, 2.24) is 15.0 Å². The molecule has 1 aliphatic carbocycles. The van der Waals surface area contributed by atoms with Gasteiger partial charge in [-0.2, -0.15) is 13.2 Å². The molecule has 1 saturated heterocycles. The maximum atomic E-state index is 12.6. The fourth-order valence-corrected chi connectivity index (χ4v) is 3.84. The monoisotopic (exact) mass is 457 g/mol. The number of aliphatic carboxylic acids is 1. The molecule has 174 valence electrons. The SMILES string of the molecule is O=C(O)C(F)(F)F.O=C(c1ccno1)N1CCO[C@]2(CCC[C@H]2COc2cccnc2)C1. The molecular formula is C20H22F3N3O6. The number of amides is 1. The first-order chi connectivity index (χ1) is 15.2. The van der Waals surface area contributed by atoms with Gasteiger partial charge in [-0.25, -0.2) is 4.79 Å². The lowest BCUT2D eigenvalue weighted by Gasteiger charge is -2.43. The van der Waals surface area contributed by atoms with Crippen molar-refractivity contribution in [3.05, 3.63) is 42.5 Å². The van der Waals surface area contributed by atoms with E-state index < -0.39 is 12.1 Å². The number of hydrogen-bond acceptors (Lipinski definition) is 7. The molecular weight excluding hydrogens is 435 g/mol. The van der Waals surface area contributed by atoms with Crippen LogP contribution in [0.1, 0.15) is 29.8 Å². The Kier molecular flexibility index (Phi) is 7.33. The summed E-state index contributed by atoms with van der Waals surface area (Å²) in [6, 6.07) is 5.35. The second-order valence-electron chi connectivity index (χ2n) is 7.41. The summed E-state index contributed by atoms with van der Waals surface area (Å²) in [6.45, 7) is 2.23. The van der Waals surface area contributed by atoms with Crippen LogP contribution in [0.5, 0.6) is 5.75 Å². The molecule has 2 fully saturated rings. The molecule has 9 nitrogen and oxygen atoms in total. The summed E-state index contributed by atoms with van der Waals surface area (Å²) in [7, 11) is 0. The summed E-state index contributed by atoms with van der Waals surface area (Å²) < 4.78 is 48.9. The van der Waals surface area contributed by atoms with Gasteiger partial charge in [-0.05, 0) is 31.4 Å². The van der Waals surface area contributed by atoms with Crippen LogP contribution in [0.3, 0.4) is 0 Å². The van der Waals surface area contributed by atoms with Crippen molar-refractivity contribution in [1.29, 1.82) is 0 Å². The molecule has 32 heavy (non-hydrogen) atoms. The van der Waals surface area contributed by atoms with Gasteiger partial charge >= 0.3 is 12.1 Å². The van der Waals surface area contributed by atoms with E-state index in [2.05, 4.69) is 10.1 Å². The minimum atomic E-state index is -5.08. The largest absolute Gasteiger partial charge is 0.492 e. The van der Waals surface area contributed by atoms with Crippen LogP contribution in [-0.4, -0.2) is 70.1 Å². The summed E-state index contributed by atoms with van der Waals surface area (Å²) in [4.78, 5) is 27.4. The number of morpholine rings is 1. The van der Waals surface area contributed by atoms with Gasteiger partial charge in [0.25, 0.3) is 5.91 Å². The van der Waals surface area contributed by atoms with Gasteiger partial charge in [-0.15, -0.1) is 0 Å². The normalized spacial score (nSPS) is 22.8. The molecule has 1 spiro atoms. The predicted octanol–water partition coefficient (Wildman–Crippen LogP) is 2.79. The maximum absolute atomic E-state index is 12.6. The van der Waals surface area contributed by atoms with Crippen LogP contribution < -0.4 is 4.74 Å². The molecule has 0 radical (unpaired) electrons. The van der Waals surface area contributed by atoms with Crippen LogP contribution >= 0.6 is 0 Å². The molecule has 0 bridgehead atoms. The van der Waals surface area contributed by atoms with Crippen molar-refractivity contribution < 1.29 is 41.9 Å². The Morgan fingerprint density at radius 1 is 1.31 bits per heavy atom. The fourth-order valence-electron chi connectivity index (χ4n) is 3.84. The zero-order chi connectivity index (χ0) is 23.2. The van der Waals surface area contributed by atoms with Crippen LogP contribution in [-0.2, 0) is 9.53 Å². The van der Waals surface area contributed by atoms with E-state index in [1.807, 2.05) is 17.0 Å². The number of carbonyl (C=O) groups is 2. The number of aromatic nitrogens is 2. The molecule has 1 N–H and O–H groups in total. The molecule has 2 aromatic rings. The smallest absolute Gasteiger partial charge is 0.490 e. The lowest BCUT2D eigenvalue weighted by Crippen LogP contribution is -2.56. The van der Waals surface area contributed by atoms with Crippen LogP contribution in [0.2, 0.25) is 0 Å². The Labute approximate surface area is 181 Å². The van der Waals surface area contributed by atoms with Crippen molar-refractivity contribution in [2.75, 3.05) is 26.3 Å². The van der Waals surface area contributed by atoms with Gasteiger partial charge in [-0.3, -0.25) is 9.78 Å². The van der Waals surface area contributed by atoms with E-state index in [9.17, 15) is 18.0 Å². The summed E-state index contributed by atoms with van der Waals surface area (Å²) in [5.41, 5.74) is -0.337. The third kappa shape index (κ3) is 5.75. The Hall–Kier alpha value is -3.15. The van der Waals surface area contributed by atoms with Gasteiger partial charge in [0.2, 0.25) is 5.76 Å². The lowest BCUT2D eigenvalue weighted by molar-refractivity contribution is -0.192. The van der Waals surface area contributed by atoms with Crippen molar-refractivity contribution in [3.8, 4) is 5.75 Å². The van der Waals surface area contributed by atoms with Crippen LogP contribution in [0, 0.1) is 5.92 Å². The van der Waals surface area contributed by atoms with E-state index in [-0.39, 0.29) is 23.2 Å². The molecule has 1 amide bonds. The van der Waals surface area contributed by atoms with Crippen molar-refractivity contribution in [2.24, 2.45) is 5.92 Å². The second-order valence-corrected chi connectivity index (χ2v) is 7.41. The molecule has 1 saturated carbocycles. The highest BCUT2D eigenvalue weighted by atomic mass is 19.4. The predicted molar refractivity (Wildman–Crippen MR) is 102 cm³/mol. The van der Waals surface area contributed by atoms with E-state index in [4.69, 9.17) is 23.9 Å². The van der Waals surface area contributed by atoms with E-state index in [1.165, 1.54) is 6.20 Å². The van der Waals surface area contributed by atoms with Crippen molar-refractivity contribution >= 4 is 11.9 Å². The maximum Gasteiger partial charge on any atom is 0.490 e. The number of carboxylic acid groups (broad SMARTS) is 1. The number of rotatable bonds is 4. The zero-order valence-electron chi connectivity index (χ0n) is 17.0. The number of hydrogen-bond donors (Lipinski definition) is 1. The van der Waals surface area contributed by atoms with Gasteiger partial charge in [0.05, 0.1) is 37.8 Å². The third-order valence-electron chi connectivity index (χ3n) is 5.37. The van der Waals surface area contributed by atoms with E-state index in [0.29, 0.717) is 26.3 Å². The molecule has 2 atom stereocenters. The standard InChI is InChI=1S/C18H21N3O4.C2HF3O2/c22-17(16-5-8-20-25-16)21-9-10-24-18(13-21)6-1-3-14(18)12-23-15-4-2-7-19-11-15;3-2(4,5)1(6)7/h2,4-5,7-8,11,14H,1,3,6,9-10,12-13H2;(H,6,7)/t14-,18+;/m0./s1. The summed E-state index contributed by atoms with van der Waals surface area (Å²) in [6.07, 6.45) is 2.89. The number of pyridine rings is 1. The Morgan fingerprint density at radius 2 is 2.09 bits per heavy atom. The first-order valence-corrected chi connectivity index (χ1v) is 9.88. The first-order valence-electron chi connectivity index (χ1n) is 9.88. The second kappa shape index (κ2) is 9.98. The van der Waals surface area contributed by atoms with Gasteiger partial charge in [0, 0.05) is 24.7 Å². The Balaban J connectivity index is 0.000000360. The first kappa shape index (κ1) is 23.5. The summed E-state index contributed by atoms with van der Waals surface area (Å²) in [5.74, 6) is -1.60. The number of carbonyl (C=O) groups excluding carboxylic acids is 1. The highest BCUT2D eigenvalue weighted by Crippen LogP contribution is 2.41. The Bertz CT molecular complexity index is 894. The van der Waals surface area contributed by atoms with E-state index in [0.717, 1.165) is 25.0 Å². The van der Waals surface area contributed by atoms with Crippen LogP contribution in [0.25, 0.3) is 0 Å². The number of nitrogens with zero attached hydrogens (tertiary/aromatic N) is 3. The summed E-state index contributed by atoms with van der Waals surface area (Å²) in [5, 5.41) is 10.8. The van der Waals surface area contributed by atoms with Crippen LogP contribution in [0.4, 0.5) is 13.2 Å². The molecule has 2 aromatic heterocycles. The highest BCUT2D eigenvalue weighted by molar-refractivity contribution is 5.91. The number of carboxylic acids is 1. The molecule has 4 rings (SSSR count). The minimum absolute atomic E-state index is 0.126. The highest BCUT2D eigenvalue weighted by Gasteiger charge is 2.48.